The zero-order valence-electron chi connectivity index (χ0n) is 12.0. The Morgan fingerprint density at radius 3 is 2.62 bits per heavy atom. The molecule has 21 heavy (non-hydrogen) atoms. The van der Waals surface area contributed by atoms with Crippen LogP contribution in [0.2, 0.25) is 5.15 Å². The van der Waals surface area contributed by atoms with E-state index in [-0.39, 0.29) is 0 Å². The number of halogens is 1. The zero-order chi connectivity index (χ0) is 15.0. The minimum Gasteiger partial charge on any atom is -0.465 e. The van der Waals surface area contributed by atoms with Gasteiger partial charge in [0.05, 0.1) is 0 Å². The van der Waals surface area contributed by atoms with E-state index < -0.39 is 6.09 Å². The molecule has 0 unspecified atom stereocenters. The van der Waals surface area contributed by atoms with E-state index in [0.29, 0.717) is 24.3 Å². The Kier molecular flexibility index (Phi) is 3.89. The molecule has 1 aromatic rings. The highest BCUT2D eigenvalue weighted by Crippen LogP contribution is 2.34. The van der Waals surface area contributed by atoms with E-state index >= 15 is 0 Å². The van der Waals surface area contributed by atoms with E-state index in [2.05, 4.69) is 15.1 Å². The molecule has 1 aliphatic heterocycles. The summed E-state index contributed by atoms with van der Waals surface area (Å²) in [6.45, 7) is 1.15. The van der Waals surface area contributed by atoms with Crippen LogP contribution in [0.1, 0.15) is 30.4 Å². The summed E-state index contributed by atoms with van der Waals surface area (Å²) in [6, 6.07) is 0.306. The molecule has 7 heteroatoms. The molecule has 0 saturated carbocycles. The number of nitrogens with zero attached hydrogens (tertiary/aromatic N) is 4. The molecule has 114 valence electrons. The molecule has 0 atom stereocenters. The number of piperidine rings is 1. The number of hydrogen-bond acceptors (Lipinski definition) is 4. The van der Waals surface area contributed by atoms with E-state index in [1.165, 1.54) is 10.5 Å². The average Bonchev–Trinajstić information content (AvgIpc) is 2.97. The second-order valence-corrected chi connectivity index (χ2v) is 6.09. The summed E-state index contributed by atoms with van der Waals surface area (Å²) in [4.78, 5) is 14.6. The molecular formula is C14H19ClN4O2. The highest BCUT2D eigenvalue weighted by molar-refractivity contribution is 6.30. The van der Waals surface area contributed by atoms with Gasteiger partial charge in [0.2, 0.25) is 0 Å². The molecule has 1 amide bonds. The average molecular weight is 311 g/mol. The lowest BCUT2D eigenvalue weighted by Crippen LogP contribution is -2.45. The predicted octanol–water partition coefficient (Wildman–Crippen LogP) is 2.20. The van der Waals surface area contributed by atoms with E-state index in [9.17, 15) is 4.79 Å². The lowest BCUT2D eigenvalue weighted by atomic mass is 10.0. The Labute approximate surface area is 128 Å². The summed E-state index contributed by atoms with van der Waals surface area (Å²) in [5, 5.41) is 17.9. The minimum atomic E-state index is -0.830. The number of hydrogen-bond donors (Lipinski definition) is 1. The molecule has 0 spiro atoms. The third kappa shape index (κ3) is 2.64. The maximum absolute atomic E-state index is 11.0. The fourth-order valence-corrected chi connectivity index (χ4v) is 3.58. The molecule has 1 saturated heterocycles. The molecule has 1 fully saturated rings. The third-order valence-corrected chi connectivity index (χ3v) is 4.89. The first kappa shape index (κ1) is 14.4. The van der Waals surface area contributed by atoms with Crippen molar-refractivity contribution in [2.45, 2.75) is 38.1 Å². The molecule has 0 radical (unpaired) electrons. The number of amides is 1. The molecule has 1 N–H and O–H groups in total. The monoisotopic (exact) mass is 310 g/mol. The molecule has 0 bridgehead atoms. The minimum absolute atomic E-state index is 0.306. The fourth-order valence-electron chi connectivity index (χ4n) is 3.33. The number of fused-ring (bicyclic) bond motifs is 1. The predicted molar refractivity (Wildman–Crippen MR) is 80.1 cm³/mol. The van der Waals surface area contributed by atoms with Crippen molar-refractivity contribution in [3.05, 3.63) is 16.3 Å². The maximum Gasteiger partial charge on any atom is 0.407 e. The summed E-state index contributed by atoms with van der Waals surface area (Å²) in [5.74, 6) is 0.917. The van der Waals surface area contributed by atoms with Crippen molar-refractivity contribution in [3.63, 3.8) is 0 Å². The number of rotatable bonds is 2. The van der Waals surface area contributed by atoms with E-state index in [0.717, 1.165) is 43.5 Å². The van der Waals surface area contributed by atoms with Crippen molar-refractivity contribution in [1.29, 1.82) is 0 Å². The fraction of sp³-hybridized carbons (Fsp3) is 0.643. The number of aromatic nitrogens is 2. The van der Waals surface area contributed by atoms with Crippen LogP contribution in [-0.4, -0.2) is 52.5 Å². The number of anilines is 1. The molecule has 2 heterocycles. The van der Waals surface area contributed by atoms with Gasteiger partial charge in [0.25, 0.3) is 0 Å². The van der Waals surface area contributed by atoms with Gasteiger partial charge >= 0.3 is 6.09 Å². The van der Waals surface area contributed by atoms with Gasteiger partial charge in [-0.15, -0.1) is 10.2 Å². The van der Waals surface area contributed by atoms with E-state index in [1.807, 2.05) is 7.05 Å². The number of carbonyl (C=O) groups is 1. The Bertz CT molecular complexity index is 558. The Morgan fingerprint density at radius 1 is 1.29 bits per heavy atom. The topological polar surface area (TPSA) is 69.6 Å². The normalized spacial score (nSPS) is 18.7. The Morgan fingerprint density at radius 2 is 1.95 bits per heavy atom. The molecule has 3 rings (SSSR count). The molecular weight excluding hydrogens is 292 g/mol. The van der Waals surface area contributed by atoms with Gasteiger partial charge in [0.1, 0.15) is 0 Å². The largest absolute Gasteiger partial charge is 0.465 e. The van der Waals surface area contributed by atoms with Crippen LogP contribution in [0, 0.1) is 0 Å². The van der Waals surface area contributed by atoms with Crippen molar-refractivity contribution >= 4 is 23.5 Å². The molecule has 0 aromatic carbocycles. The van der Waals surface area contributed by atoms with Crippen molar-refractivity contribution < 1.29 is 9.90 Å². The molecule has 2 aliphatic rings. The number of carboxylic acid groups (broad SMARTS) is 1. The van der Waals surface area contributed by atoms with Crippen LogP contribution in [0.5, 0.6) is 0 Å². The summed E-state index contributed by atoms with van der Waals surface area (Å²) in [7, 11) is 2.03. The van der Waals surface area contributed by atoms with Gasteiger partial charge < -0.3 is 14.9 Å². The van der Waals surface area contributed by atoms with Crippen LogP contribution < -0.4 is 4.90 Å². The lowest BCUT2D eigenvalue weighted by Gasteiger charge is -2.36. The second-order valence-electron chi connectivity index (χ2n) is 5.74. The summed E-state index contributed by atoms with van der Waals surface area (Å²) >= 11 is 6.12. The SMILES string of the molecule is CN(c1nnc(Cl)c2c1CCC2)C1CCN(C(=O)O)CC1. The highest BCUT2D eigenvalue weighted by Gasteiger charge is 2.29. The van der Waals surface area contributed by atoms with Crippen molar-refractivity contribution in [2.24, 2.45) is 0 Å². The Balaban J connectivity index is 1.76. The quantitative estimate of drug-likeness (QED) is 0.907. The van der Waals surface area contributed by atoms with Gasteiger partial charge in [-0.25, -0.2) is 4.79 Å². The summed E-state index contributed by atoms with van der Waals surface area (Å²) in [6.07, 6.45) is 3.88. The molecule has 1 aromatic heterocycles. The smallest absolute Gasteiger partial charge is 0.407 e. The molecule has 1 aliphatic carbocycles. The van der Waals surface area contributed by atoms with Gasteiger partial charge in [-0.2, -0.15) is 0 Å². The first-order valence-electron chi connectivity index (χ1n) is 7.32. The lowest BCUT2D eigenvalue weighted by molar-refractivity contribution is 0.132. The van der Waals surface area contributed by atoms with Gasteiger partial charge in [-0.3, -0.25) is 0 Å². The second kappa shape index (κ2) is 5.67. The maximum atomic E-state index is 11.0. The summed E-state index contributed by atoms with van der Waals surface area (Å²) in [5.41, 5.74) is 2.36. The van der Waals surface area contributed by atoms with Crippen LogP contribution >= 0.6 is 11.6 Å². The van der Waals surface area contributed by atoms with Crippen molar-refractivity contribution in [2.75, 3.05) is 25.0 Å². The third-order valence-electron chi connectivity index (χ3n) is 4.59. The van der Waals surface area contributed by atoms with Crippen LogP contribution in [0.3, 0.4) is 0 Å². The Hall–Kier alpha value is -1.56. The van der Waals surface area contributed by atoms with Crippen LogP contribution in [0.25, 0.3) is 0 Å². The van der Waals surface area contributed by atoms with Gasteiger partial charge in [-0.05, 0) is 37.7 Å². The number of likely N-dealkylation sites (tertiary alicyclic amines) is 1. The van der Waals surface area contributed by atoms with E-state index in [1.54, 1.807) is 0 Å². The van der Waals surface area contributed by atoms with Crippen LogP contribution in [0.15, 0.2) is 0 Å². The molecule has 6 nitrogen and oxygen atoms in total. The summed E-state index contributed by atoms with van der Waals surface area (Å²) < 4.78 is 0. The van der Waals surface area contributed by atoms with Crippen LogP contribution in [0.4, 0.5) is 10.6 Å². The first-order chi connectivity index (χ1) is 10.1. The standard InChI is InChI=1S/C14H19ClN4O2/c1-18(9-5-7-19(8-6-9)14(20)21)13-11-4-2-3-10(11)12(15)16-17-13/h9H,2-8H2,1H3,(H,20,21). The van der Waals surface area contributed by atoms with E-state index in [4.69, 9.17) is 16.7 Å². The van der Waals surface area contributed by atoms with Crippen molar-refractivity contribution in [1.82, 2.24) is 15.1 Å². The first-order valence-corrected chi connectivity index (χ1v) is 7.70. The van der Waals surface area contributed by atoms with Gasteiger partial charge in [0.15, 0.2) is 11.0 Å². The zero-order valence-corrected chi connectivity index (χ0v) is 12.8. The van der Waals surface area contributed by atoms with Crippen LogP contribution in [-0.2, 0) is 12.8 Å². The highest BCUT2D eigenvalue weighted by atomic mass is 35.5. The van der Waals surface area contributed by atoms with Gasteiger partial charge in [0, 0.05) is 31.7 Å². The van der Waals surface area contributed by atoms with Gasteiger partial charge in [-0.1, -0.05) is 11.6 Å². The van der Waals surface area contributed by atoms with Crippen molar-refractivity contribution in [3.8, 4) is 0 Å².